The SMILES string of the molecule is CCOCC(O)Cn1cc(C2=C(c3c[nH]c4ccccc34)C(=O)NC2=O)c2cc3c(cc21)OCO3. The van der Waals surface area contributed by atoms with Crippen molar-refractivity contribution in [2.45, 2.75) is 19.6 Å². The summed E-state index contributed by atoms with van der Waals surface area (Å²) in [5.41, 5.74) is 3.42. The Balaban J connectivity index is 1.57. The minimum atomic E-state index is -0.759. The number of H-pyrrole nitrogens is 1. The Morgan fingerprint density at radius 1 is 1.06 bits per heavy atom. The number of hydrogen-bond donors (Lipinski definition) is 3. The van der Waals surface area contributed by atoms with Crippen molar-refractivity contribution in [2.24, 2.45) is 0 Å². The Labute approximate surface area is 199 Å². The molecule has 9 heteroatoms. The number of aliphatic hydroxyl groups excluding tert-OH is 1. The van der Waals surface area contributed by atoms with Gasteiger partial charge in [0, 0.05) is 52.5 Å². The van der Waals surface area contributed by atoms with Crippen molar-refractivity contribution >= 4 is 44.8 Å². The zero-order chi connectivity index (χ0) is 24.1. The Kier molecular flexibility index (Phi) is 5.09. The van der Waals surface area contributed by atoms with Crippen molar-refractivity contribution in [1.29, 1.82) is 0 Å². The molecule has 0 bridgehead atoms. The van der Waals surface area contributed by atoms with Crippen LogP contribution in [0.3, 0.4) is 0 Å². The molecule has 1 atom stereocenters. The third-order valence-electron chi connectivity index (χ3n) is 6.36. The third kappa shape index (κ3) is 3.48. The minimum absolute atomic E-state index is 0.104. The van der Waals surface area contributed by atoms with Crippen LogP contribution in [0.1, 0.15) is 18.1 Å². The molecule has 9 nitrogen and oxygen atoms in total. The van der Waals surface area contributed by atoms with Crippen LogP contribution in [-0.4, -0.2) is 52.6 Å². The molecule has 2 amide bonds. The summed E-state index contributed by atoms with van der Waals surface area (Å²) in [5, 5.41) is 14.6. The van der Waals surface area contributed by atoms with Gasteiger partial charge in [0.15, 0.2) is 11.5 Å². The van der Waals surface area contributed by atoms with E-state index in [2.05, 4.69) is 10.3 Å². The molecule has 4 heterocycles. The third-order valence-corrected chi connectivity index (χ3v) is 6.36. The maximum atomic E-state index is 13.1. The van der Waals surface area contributed by atoms with Crippen molar-refractivity contribution in [3.8, 4) is 11.5 Å². The summed E-state index contributed by atoms with van der Waals surface area (Å²) in [6.07, 6.45) is 2.78. The Bertz CT molecular complexity index is 1530. The summed E-state index contributed by atoms with van der Waals surface area (Å²) in [7, 11) is 0. The predicted molar refractivity (Wildman–Crippen MR) is 129 cm³/mol. The van der Waals surface area contributed by atoms with Crippen LogP contribution >= 0.6 is 0 Å². The molecule has 0 fully saturated rings. The summed E-state index contributed by atoms with van der Waals surface area (Å²) >= 11 is 0. The number of aliphatic hydroxyl groups is 1. The second-order valence-corrected chi connectivity index (χ2v) is 8.51. The number of carbonyl (C=O) groups is 2. The van der Waals surface area contributed by atoms with Gasteiger partial charge < -0.3 is 28.9 Å². The van der Waals surface area contributed by atoms with Crippen LogP contribution in [0.25, 0.3) is 33.0 Å². The maximum absolute atomic E-state index is 13.1. The van der Waals surface area contributed by atoms with Gasteiger partial charge in [-0.3, -0.25) is 14.9 Å². The number of imide groups is 1. The zero-order valence-corrected chi connectivity index (χ0v) is 19.0. The number of nitrogens with zero attached hydrogens (tertiary/aromatic N) is 1. The van der Waals surface area contributed by atoms with Gasteiger partial charge in [0.2, 0.25) is 6.79 Å². The molecule has 178 valence electrons. The summed E-state index contributed by atoms with van der Waals surface area (Å²) in [6.45, 7) is 2.88. The number of amides is 2. The van der Waals surface area contributed by atoms with E-state index in [4.69, 9.17) is 14.2 Å². The Morgan fingerprint density at radius 2 is 1.80 bits per heavy atom. The lowest BCUT2D eigenvalue weighted by atomic mass is 9.95. The lowest BCUT2D eigenvalue weighted by Gasteiger charge is -2.12. The molecule has 3 N–H and O–H groups in total. The van der Waals surface area contributed by atoms with Crippen molar-refractivity contribution in [3.05, 3.63) is 59.9 Å². The highest BCUT2D eigenvalue weighted by Crippen LogP contribution is 2.42. The van der Waals surface area contributed by atoms with Gasteiger partial charge in [0.05, 0.1) is 35.9 Å². The van der Waals surface area contributed by atoms with Gasteiger partial charge in [0.25, 0.3) is 11.8 Å². The quantitative estimate of drug-likeness (QED) is 0.356. The Hall–Kier alpha value is -4.08. The van der Waals surface area contributed by atoms with E-state index in [1.165, 1.54) is 0 Å². The molecule has 1 unspecified atom stereocenters. The summed E-state index contributed by atoms with van der Waals surface area (Å²) in [5.74, 6) is 0.223. The first-order valence-corrected chi connectivity index (χ1v) is 11.4. The van der Waals surface area contributed by atoms with Crippen molar-refractivity contribution in [2.75, 3.05) is 20.0 Å². The maximum Gasteiger partial charge on any atom is 0.259 e. The average Bonchev–Trinajstić information content (AvgIpc) is 3.61. The molecule has 2 aliphatic heterocycles. The number of rotatable bonds is 7. The van der Waals surface area contributed by atoms with Crippen molar-refractivity contribution < 1.29 is 28.9 Å². The van der Waals surface area contributed by atoms with E-state index in [0.29, 0.717) is 34.8 Å². The number of ether oxygens (including phenoxy) is 3. The van der Waals surface area contributed by atoms with Crippen molar-refractivity contribution in [1.82, 2.24) is 14.9 Å². The molecule has 0 radical (unpaired) electrons. The summed E-state index contributed by atoms with van der Waals surface area (Å²) in [4.78, 5) is 29.3. The van der Waals surface area contributed by atoms with Gasteiger partial charge in [-0.05, 0) is 19.1 Å². The van der Waals surface area contributed by atoms with E-state index in [0.717, 1.165) is 21.8 Å². The van der Waals surface area contributed by atoms with Crippen LogP contribution in [0.4, 0.5) is 0 Å². The Morgan fingerprint density at radius 3 is 2.60 bits per heavy atom. The predicted octanol–water partition coefficient (Wildman–Crippen LogP) is 2.82. The number of aromatic amines is 1. The molecule has 2 aliphatic rings. The molecule has 35 heavy (non-hydrogen) atoms. The number of benzene rings is 2. The number of para-hydroxylation sites is 1. The lowest BCUT2D eigenvalue weighted by molar-refractivity contribution is -0.122. The zero-order valence-electron chi connectivity index (χ0n) is 19.0. The van der Waals surface area contributed by atoms with Gasteiger partial charge in [-0.2, -0.15) is 0 Å². The summed E-state index contributed by atoms with van der Waals surface area (Å²) in [6, 6.07) is 11.3. The molecule has 2 aromatic heterocycles. The number of nitrogens with one attached hydrogen (secondary N) is 2. The van der Waals surface area contributed by atoms with Crippen LogP contribution in [0.15, 0.2) is 48.8 Å². The van der Waals surface area contributed by atoms with Gasteiger partial charge in [0.1, 0.15) is 0 Å². The van der Waals surface area contributed by atoms with E-state index < -0.39 is 17.9 Å². The van der Waals surface area contributed by atoms with E-state index in [1.54, 1.807) is 12.4 Å². The second-order valence-electron chi connectivity index (χ2n) is 8.51. The number of aromatic nitrogens is 2. The van der Waals surface area contributed by atoms with Gasteiger partial charge in [-0.15, -0.1) is 0 Å². The minimum Gasteiger partial charge on any atom is -0.454 e. The fourth-order valence-electron chi connectivity index (χ4n) is 4.81. The molecule has 2 aromatic carbocycles. The highest BCUT2D eigenvalue weighted by molar-refractivity contribution is 6.50. The van der Waals surface area contributed by atoms with Crippen LogP contribution in [0.2, 0.25) is 0 Å². The fourth-order valence-corrected chi connectivity index (χ4v) is 4.81. The standard InChI is InChI=1S/C26H23N3O6/c1-2-33-12-14(30)10-29-11-18(16-7-21-22(8-20(16)29)35-13-34-21)24-23(25(31)28-26(24)32)17-9-27-19-6-4-3-5-15(17)19/h3-9,11,14,27,30H,2,10,12-13H2,1H3,(H,28,31,32). The molecule has 6 rings (SSSR count). The largest absolute Gasteiger partial charge is 0.454 e. The molecular weight excluding hydrogens is 450 g/mol. The number of carbonyl (C=O) groups excluding carboxylic acids is 2. The molecule has 0 spiro atoms. The highest BCUT2D eigenvalue weighted by atomic mass is 16.7. The smallest absolute Gasteiger partial charge is 0.259 e. The first-order valence-electron chi connectivity index (χ1n) is 11.4. The van der Waals surface area contributed by atoms with Gasteiger partial charge in [-0.1, -0.05) is 18.2 Å². The lowest BCUT2D eigenvalue weighted by Crippen LogP contribution is -2.22. The van der Waals surface area contributed by atoms with Crippen LogP contribution in [-0.2, 0) is 20.9 Å². The topological polar surface area (TPSA) is 115 Å². The van der Waals surface area contributed by atoms with E-state index >= 15 is 0 Å². The molecule has 0 saturated carbocycles. The highest BCUT2D eigenvalue weighted by Gasteiger charge is 2.35. The molecular formula is C26H23N3O6. The van der Waals surface area contributed by atoms with E-state index in [9.17, 15) is 14.7 Å². The first-order chi connectivity index (χ1) is 17.0. The first kappa shape index (κ1) is 21.5. The van der Waals surface area contributed by atoms with Crippen LogP contribution in [0, 0.1) is 0 Å². The molecule has 0 aliphatic carbocycles. The number of hydrogen-bond acceptors (Lipinski definition) is 6. The molecule has 4 aromatic rings. The van der Waals surface area contributed by atoms with Crippen LogP contribution in [0.5, 0.6) is 11.5 Å². The van der Waals surface area contributed by atoms with Gasteiger partial charge in [-0.25, -0.2) is 0 Å². The van der Waals surface area contributed by atoms with Gasteiger partial charge >= 0.3 is 0 Å². The fraction of sp³-hybridized carbons (Fsp3) is 0.231. The number of fused-ring (bicyclic) bond motifs is 3. The van der Waals surface area contributed by atoms with Crippen LogP contribution < -0.4 is 14.8 Å². The molecule has 0 saturated heterocycles. The van der Waals surface area contributed by atoms with Crippen molar-refractivity contribution in [3.63, 3.8) is 0 Å². The average molecular weight is 473 g/mol. The summed E-state index contributed by atoms with van der Waals surface area (Å²) < 4.78 is 18.4. The second kappa shape index (κ2) is 8.30. The van der Waals surface area contributed by atoms with E-state index in [1.807, 2.05) is 47.9 Å². The van der Waals surface area contributed by atoms with E-state index in [-0.39, 0.29) is 25.5 Å². The normalized spacial score (nSPS) is 16.1. The monoisotopic (exact) mass is 473 g/mol.